The van der Waals surface area contributed by atoms with Crippen LogP contribution in [0.5, 0.6) is 0 Å². The summed E-state index contributed by atoms with van der Waals surface area (Å²) in [7, 11) is 4.03. The first-order chi connectivity index (χ1) is 12.5. The second-order valence-electron chi connectivity index (χ2n) is 6.35. The number of nitrogens with one attached hydrogen (secondary N) is 1. The van der Waals surface area contributed by atoms with Gasteiger partial charge in [-0.05, 0) is 44.4 Å². The number of guanidine groups is 1. The zero-order valence-corrected chi connectivity index (χ0v) is 15.6. The number of thioether (sulfide) groups is 1. The Hall–Kier alpha value is -2.38. The fourth-order valence-corrected chi connectivity index (χ4v) is 3.96. The molecule has 2 aromatic carbocycles. The van der Waals surface area contributed by atoms with Gasteiger partial charge in [0.2, 0.25) is 5.96 Å². The molecular formula is C19H22FN5S. The zero-order chi connectivity index (χ0) is 18.5. The molecule has 1 unspecified atom stereocenters. The standard InChI is InChI=1S/C19H22FN5S/c1-25(2)11-13-12-26-17-9-8-14(20)10-16(17)18(13)23-24-19(21)22-15-6-4-3-5-7-15/h3-10,13H,11-12H2,1-2H3,(H3,21,22,24)/b23-18+. The smallest absolute Gasteiger partial charge is 0.214 e. The highest BCUT2D eigenvalue weighted by Gasteiger charge is 2.27. The number of halogens is 1. The molecule has 3 rings (SSSR count). The fraction of sp³-hybridized carbons (Fsp3) is 0.263. The number of hydrazone groups is 1. The molecule has 1 aliphatic heterocycles. The molecule has 0 spiro atoms. The van der Waals surface area contributed by atoms with Gasteiger partial charge in [-0.2, -0.15) is 5.10 Å². The van der Waals surface area contributed by atoms with Gasteiger partial charge in [0, 0.05) is 28.7 Å². The average Bonchev–Trinajstić information content (AvgIpc) is 2.61. The molecule has 0 aromatic heterocycles. The van der Waals surface area contributed by atoms with Gasteiger partial charge in [-0.3, -0.25) is 0 Å². The highest BCUT2D eigenvalue weighted by Crippen LogP contribution is 2.34. The number of rotatable bonds is 4. The molecule has 136 valence electrons. The molecule has 0 amide bonds. The summed E-state index contributed by atoms with van der Waals surface area (Å²) in [5.74, 6) is 0.978. The fourth-order valence-electron chi connectivity index (χ4n) is 2.83. The summed E-state index contributed by atoms with van der Waals surface area (Å²) in [6.07, 6.45) is 0. The molecule has 5 nitrogen and oxygen atoms in total. The van der Waals surface area contributed by atoms with Crippen molar-refractivity contribution >= 4 is 29.1 Å². The SMILES string of the molecule is CN(C)CC1CSc2ccc(F)cc2/C1=N/NC(N)=Nc1ccccc1. The van der Waals surface area contributed by atoms with Gasteiger partial charge in [-0.1, -0.05) is 18.2 Å². The van der Waals surface area contributed by atoms with Crippen LogP contribution in [0.15, 0.2) is 63.5 Å². The summed E-state index contributed by atoms with van der Waals surface area (Å²) in [6, 6.07) is 14.2. The van der Waals surface area contributed by atoms with E-state index in [0.717, 1.165) is 34.2 Å². The summed E-state index contributed by atoms with van der Waals surface area (Å²) < 4.78 is 13.8. The quantitative estimate of drug-likeness (QED) is 0.493. The summed E-state index contributed by atoms with van der Waals surface area (Å²) in [4.78, 5) is 7.42. The first-order valence-electron chi connectivity index (χ1n) is 8.33. The Morgan fingerprint density at radius 3 is 2.77 bits per heavy atom. The van der Waals surface area contributed by atoms with Crippen LogP contribution < -0.4 is 11.2 Å². The number of aliphatic imine (C=N–C) groups is 1. The Morgan fingerprint density at radius 1 is 1.27 bits per heavy atom. The molecular weight excluding hydrogens is 349 g/mol. The van der Waals surface area contributed by atoms with Crippen LogP contribution in [-0.2, 0) is 0 Å². The van der Waals surface area contributed by atoms with Crippen LogP contribution >= 0.6 is 11.8 Å². The highest BCUT2D eigenvalue weighted by molar-refractivity contribution is 7.99. The maximum Gasteiger partial charge on any atom is 0.214 e. The van der Waals surface area contributed by atoms with Crippen molar-refractivity contribution in [2.75, 3.05) is 26.4 Å². The minimum atomic E-state index is -0.270. The van der Waals surface area contributed by atoms with Crippen LogP contribution in [0.4, 0.5) is 10.1 Å². The maximum atomic E-state index is 13.8. The summed E-state index contributed by atoms with van der Waals surface area (Å²) >= 11 is 1.72. The number of nitrogens with two attached hydrogens (primary N) is 1. The zero-order valence-electron chi connectivity index (χ0n) is 14.8. The molecule has 1 heterocycles. The lowest BCUT2D eigenvalue weighted by molar-refractivity contribution is 0.382. The number of fused-ring (bicyclic) bond motifs is 1. The van der Waals surface area contributed by atoms with Crippen molar-refractivity contribution in [3.05, 3.63) is 59.9 Å². The summed E-state index contributed by atoms with van der Waals surface area (Å²) in [5, 5.41) is 4.50. The molecule has 0 fully saturated rings. The van der Waals surface area contributed by atoms with Crippen molar-refractivity contribution in [2.45, 2.75) is 4.90 Å². The van der Waals surface area contributed by atoms with Crippen LogP contribution in [0.3, 0.4) is 0 Å². The van der Waals surface area contributed by atoms with E-state index in [2.05, 4.69) is 20.4 Å². The highest BCUT2D eigenvalue weighted by atomic mass is 32.2. The number of hydrogen-bond donors (Lipinski definition) is 2. The van der Waals surface area contributed by atoms with E-state index in [4.69, 9.17) is 5.73 Å². The van der Waals surface area contributed by atoms with E-state index in [1.807, 2.05) is 44.4 Å². The second kappa shape index (κ2) is 8.33. The Morgan fingerprint density at radius 2 is 2.04 bits per heavy atom. The van der Waals surface area contributed by atoms with Crippen molar-refractivity contribution in [1.29, 1.82) is 0 Å². The van der Waals surface area contributed by atoms with Gasteiger partial charge in [-0.15, -0.1) is 11.8 Å². The van der Waals surface area contributed by atoms with Crippen LogP contribution in [0, 0.1) is 11.7 Å². The van der Waals surface area contributed by atoms with Gasteiger partial charge in [0.15, 0.2) is 0 Å². The van der Waals surface area contributed by atoms with Gasteiger partial charge in [0.25, 0.3) is 0 Å². The van der Waals surface area contributed by atoms with Gasteiger partial charge in [0.05, 0.1) is 11.4 Å². The monoisotopic (exact) mass is 371 g/mol. The van der Waals surface area contributed by atoms with Crippen LogP contribution in [0.25, 0.3) is 0 Å². The maximum absolute atomic E-state index is 13.8. The number of nitrogens with zero attached hydrogens (tertiary/aromatic N) is 3. The Kier molecular flexibility index (Phi) is 5.90. The van der Waals surface area contributed by atoms with E-state index in [1.54, 1.807) is 17.8 Å². The molecule has 1 aliphatic rings. The third-order valence-corrected chi connectivity index (χ3v) is 5.16. The third kappa shape index (κ3) is 4.62. The summed E-state index contributed by atoms with van der Waals surface area (Å²) in [6.45, 7) is 0.819. The largest absolute Gasteiger partial charge is 0.368 e. The molecule has 2 aromatic rings. The molecule has 0 saturated carbocycles. The third-order valence-electron chi connectivity index (χ3n) is 3.93. The van der Waals surface area contributed by atoms with E-state index >= 15 is 0 Å². The van der Waals surface area contributed by atoms with Gasteiger partial charge in [0.1, 0.15) is 5.82 Å². The Labute approximate surface area is 157 Å². The summed E-state index contributed by atoms with van der Waals surface area (Å²) in [5.41, 5.74) is 11.2. The van der Waals surface area contributed by atoms with Crippen LogP contribution in [0.1, 0.15) is 5.56 Å². The van der Waals surface area contributed by atoms with Crippen LogP contribution in [0.2, 0.25) is 0 Å². The van der Waals surface area contributed by atoms with Crippen LogP contribution in [-0.4, -0.2) is 43.0 Å². The van der Waals surface area contributed by atoms with Crippen molar-refractivity contribution < 1.29 is 4.39 Å². The van der Waals surface area contributed by atoms with Crippen molar-refractivity contribution in [3.8, 4) is 0 Å². The molecule has 0 saturated heterocycles. The van der Waals surface area contributed by atoms with Gasteiger partial charge in [-0.25, -0.2) is 14.8 Å². The number of hydrogen-bond acceptors (Lipinski definition) is 4. The molecule has 0 bridgehead atoms. The molecule has 0 radical (unpaired) electrons. The lowest BCUT2D eigenvalue weighted by Gasteiger charge is -2.28. The minimum absolute atomic E-state index is 0.168. The van der Waals surface area contributed by atoms with Gasteiger partial charge >= 0.3 is 0 Å². The minimum Gasteiger partial charge on any atom is -0.368 e. The van der Waals surface area contributed by atoms with E-state index in [-0.39, 0.29) is 17.7 Å². The van der Waals surface area contributed by atoms with E-state index < -0.39 is 0 Å². The van der Waals surface area contributed by atoms with E-state index in [9.17, 15) is 4.39 Å². The van der Waals surface area contributed by atoms with Crippen molar-refractivity contribution in [1.82, 2.24) is 10.3 Å². The second-order valence-corrected chi connectivity index (χ2v) is 7.41. The Bertz CT molecular complexity index is 820. The first kappa shape index (κ1) is 18.4. The van der Waals surface area contributed by atoms with Crippen molar-refractivity contribution in [2.24, 2.45) is 21.7 Å². The first-order valence-corrected chi connectivity index (χ1v) is 9.32. The lowest BCUT2D eigenvalue weighted by Crippen LogP contribution is -2.36. The topological polar surface area (TPSA) is 66.0 Å². The average molecular weight is 371 g/mol. The van der Waals surface area contributed by atoms with E-state index in [0.29, 0.717) is 0 Å². The molecule has 26 heavy (non-hydrogen) atoms. The molecule has 1 atom stereocenters. The number of para-hydroxylation sites is 1. The molecule has 3 N–H and O–H groups in total. The number of benzene rings is 2. The lowest BCUT2D eigenvalue weighted by atomic mass is 9.97. The predicted octanol–water partition coefficient (Wildman–Crippen LogP) is 3.05. The van der Waals surface area contributed by atoms with Gasteiger partial charge < -0.3 is 10.6 Å². The molecule has 0 aliphatic carbocycles. The van der Waals surface area contributed by atoms with E-state index in [1.165, 1.54) is 12.1 Å². The predicted molar refractivity (Wildman–Crippen MR) is 107 cm³/mol. The normalized spacial score (nSPS) is 18.8. The van der Waals surface area contributed by atoms with Crippen molar-refractivity contribution in [3.63, 3.8) is 0 Å². The molecule has 7 heteroatoms. The Balaban J connectivity index is 1.89.